The lowest BCUT2D eigenvalue weighted by atomic mass is 9.89. The number of thioether (sulfide) groups is 1. The topological polar surface area (TPSA) is 103 Å². The average molecular weight is 429 g/mol. The molecule has 2 heterocycles. The first-order chi connectivity index (χ1) is 13.6. The molecule has 0 unspecified atom stereocenters. The monoisotopic (exact) mass is 428 g/mol. The molecule has 0 aromatic carbocycles. The summed E-state index contributed by atoms with van der Waals surface area (Å²) < 4.78 is 18.5. The summed E-state index contributed by atoms with van der Waals surface area (Å²) in [6.07, 6.45) is 0.181. The van der Waals surface area contributed by atoms with Gasteiger partial charge in [-0.1, -0.05) is 13.8 Å². The van der Waals surface area contributed by atoms with E-state index < -0.39 is 17.5 Å². The molecule has 8 nitrogen and oxygen atoms in total. The minimum absolute atomic E-state index is 0.0272. The lowest BCUT2D eigenvalue weighted by Gasteiger charge is -2.40. The summed E-state index contributed by atoms with van der Waals surface area (Å²) in [4.78, 5) is 39.1. The number of rotatable bonds is 6. The van der Waals surface area contributed by atoms with E-state index in [0.29, 0.717) is 25.9 Å². The van der Waals surface area contributed by atoms with Crippen LogP contribution in [0.4, 0.5) is 9.18 Å². The van der Waals surface area contributed by atoms with Gasteiger partial charge in [-0.15, -0.1) is 0 Å². The zero-order valence-corrected chi connectivity index (χ0v) is 18.0. The van der Waals surface area contributed by atoms with E-state index in [9.17, 15) is 18.8 Å². The van der Waals surface area contributed by atoms with Gasteiger partial charge in [0.1, 0.15) is 12.2 Å². The van der Waals surface area contributed by atoms with E-state index in [2.05, 4.69) is 5.32 Å². The second kappa shape index (κ2) is 10.3. The molecule has 0 aromatic heterocycles. The number of nitriles is 1. The van der Waals surface area contributed by atoms with Crippen LogP contribution in [-0.4, -0.2) is 82.7 Å². The maximum atomic E-state index is 13.5. The van der Waals surface area contributed by atoms with Crippen LogP contribution in [0.15, 0.2) is 0 Å². The summed E-state index contributed by atoms with van der Waals surface area (Å²) in [7, 11) is 0. The molecule has 10 heteroatoms. The van der Waals surface area contributed by atoms with E-state index in [4.69, 9.17) is 10.00 Å². The van der Waals surface area contributed by atoms with Crippen molar-refractivity contribution in [1.29, 1.82) is 5.26 Å². The fraction of sp³-hybridized carbons (Fsp3) is 0.789. The Hall–Kier alpha value is -1.86. The van der Waals surface area contributed by atoms with E-state index in [-0.39, 0.29) is 48.7 Å². The molecule has 2 fully saturated rings. The predicted molar refractivity (Wildman–Crippen MR) is 107 cm³/mol. The van der Waals surface area contributed by atoms with Crippen LogP contribution in [0.3, 0.4) is 0 Å². The summed E-state index contributed by atoms with van der Waals surface area (Å²) in [5, 5.41) is 11.9. The summed E-state index contributed by atoms with van der Waals surface area (Å²) in [5.74, 6) is -0.519. The second-order valence-corrected chi connectivity index (χ2v) is 9.54. The molecule has 2 amide bonds. The van der Waals surface area contributed by atoms with E-state index >= 15 is 0 Å². The second-order valence-electron chi connectivity index (χ2n) is 8.02. The predicted octanol–water partition coefficient (Wildman–Crippen LogP) is 1.70. The van der Waals surface area contributed by atoms with Crippen molar-refractivity contribution in [3.05, 3.63) is 0 Å². The Morgan fingerprint density at radius 2 is 1.97 bits per heavy atom. The van der Waals surface area contributed by atoms with Gasteiger partial charge in [0.25, 0.3) is 5.91 Å². The van der Waals surface area contributed by atoms with Gasteiger partial charge < -0.3 is 19.9 Å². The molecule has 2 aliphatic rings. The lowest BCUT2D eigenvalue weighted by molar-refractivity contribution is -0.136. The number of hydrogen-bond donors (Lipinski definition) is 1. The Kier molecular flexibility index (Phi) is 8.28. The van der Waals surface area contributed by atoms with Gasteiger partial charge >= 0.3 is 5.30 Å². The number of amides is 2. The molecule has 0 aliphatic carbocycles. The molecule has 0 saturated carbocycles. The van der Waals surface area contributed by atoms with Crippen LogP contribution in [0.5, 0.6) is 0 Å². The van der Waals surface area contributed by atoms with Crippen LogP contribution in [0.2, 0.25) is 0 Å². The SMILES string of the molecule is CC(C)SC(=O)OCC(=O)N1CCC(C)(NCC(=O)N2C[C@@H](F)C[C@H]2C#N)CC1. The Morgan fingerprint density at radius 3 is 2.55 bits per heavy atom. The van der Waals surface area contributed by atoms with E-state index in [1.54, 1.807) is 4.90 Å². The number of ether oxygens (including phenoxy) is 1. The normalized spacial score (nSPS) is 23.7. The third-order valence-corrected chi connectivity index (χ3v) is 6.03. The maximum absolute atomic E-state index is 13.5. The highest BCUT2D eigenvalue weighted by Crippen LogP contribution is 2.23. The van der Waals surface area contributed by atoms with Gasteiger partial charge in [0.05, 0.1) is 19.2 Å². The van der Waals surface area contributed by atoms with Gasteiger partial charge in [-0.25, -0.2) is 9.18 Å². The molecule has 2 aliphatic heterocycles. The first-order valence-corrected chi connectivity index (χ1v) is 10.7. The number of carbonyl (C=O) groups is 3. The minimum Gasteiger partial charge on any atom is -0.447 e. The Morgan fingerprint density at radius 1 is 1.31 bits per heavy atom. The van der Waals surface area contributed by atoms with Crippen molar-refractivity contribution in [1.82, 2.24) is 15.1 Å². The quantitative estimate of drug-likeness (QED) is 0.642. The van der Waals surface area contributed by atoms with Gasteiger partial charge in [0, 0.05) is 30.3 Å². The van der Waals surface area contributed by atoms with Crippen LogP contribution < -0.4 is 5.32 Å². The van der Waals surface area contributed by atoms with E-state index in [1.165, 1.54) is 4.90 Å². The Labute approximate surface area is 175 Å². The van der Waals surface area contributed by atoms with Crippen molar-refractivity contribution in [2.75, 3.05) is 32.8 Å². The molecule has 29 heavy (non-hydrogen) atoms. The van der Waals surface area contributed by atoms with Crippen LogP contribution >= 0.6 is 11.8 Å². The number of halogens is 1. The molecule has 2 saturated heterocycles. The molecule has 0 spiro atoms. The highest BCUT2D eigenvalue weighted by Gasteiger charge is 2.37. The largest absolute Gasteiger partial charge is 0.447 e. The van der Waals surface area contributed by atoms with Crippen LogP contribution in [-0.2, 0) is 14.3 Å². The molecule has 0 aromatic rings. The standard InChI is InChI=1S/C19H29FN4O4S/c1-13(2)29-18(27)28-12-17(26)23-6-4-19(3,5-7-23)22-10-16(25)24-11-14(20)8-15(24)9-21/h13-15,22H,4-8,10-12H2,1-3H3/t14-,15-/m0/s1. The van der Waals surface area contributed by atoms with Crippen molar-refractivity contribution >= 4 is 28.9 Å². The number of hydrogen-bond acceptors (Lipinski definition) is 7. The average Bonchev–Trinajstić information content (AvgIpc) is 3.05. The maximum Gasteiger partial charge on any atom is 0.368 e. The minimum atomic E-state index is -1.15. The Balaban J connectivity index is 1.74. The van der Waals surface area contributed by atoms with E-state index in [0.717, 1.165) is 11.8 Å². The molecule has 1 N–H and O–H groups in total. The molecule has 2 atom stereocenters. The number of likely N-dealkylation sites (tertiary alicyclic amines) is 2. The summed E-state index contributed by atoms with van der Waals surface area (Å²) in [5.41, 5.74) is -0.340. The van der Waals surface area contributed by atoms with Gasteiger partial charge in [0.15, 0.2) is 6.61 Å². The first kappa shape index (κ1) is 23.4. The van der Waals surface area contributed by atoms with Gasteiger partial charge in [-0.3, -0.25) is 9.59 Å². The molecular weight excluding hydrogens is 399 g/mol. The summed E-state index contributed by atoms with van der Waals surface area (Å²) in [6, 6.07) is 1.27. The van der Waals surface area contributed by atoms with Crippen molar-refractivity contribution < 1.29 is 23.5 Å². The van der Waals surface area contributed by atoms with Crippen LogP contribution in [0, 0.1) is 11.3 Å². The number of piperidine rings is 1. The number of nitrogens with zero attached hydrogens (tertiary/aromatic N) is 3. The third kappa shape index (κ3) is 6.85. The summed E-state index contributed by atoms with van der Waals surface area (Å²) >= 11 is 1.04. The highest BCUT2D eigenvalue weighted by molar-refractivity contribution is 8.13. The number of nitrogens with one attached hydrogen (secondary N) is 1. The molecule has 2 rings (SSSR count). The van der Waals surface area contributed by atoms with Crippen molar-refractivity contribution in [2.45, 2.75) is 63.0 Å². The molecule has 0 radical (unpaired) electrons. The number of carbonyl (C=O) groups excluding carboxylic acids is 3. The van der Waals surface area contributed by atoms with Crippen molar-refractivity contribution in [3.63, 3.8) is 0 Å². The van der Waals surface area contributed by atoms with Crippen LogP contribution in [0.25, 0.3) is 0 Å². The fourth-order valence-electron chi connectivity index (χ4n) is 3.44. The molecule has 162 valence electrons. The summed E-state index contributed by atoms with van der Waals surface area (Å²) in [6.45, 7) is 6.42. The zero-order chi connectivity index (χ0) is 21.6. The van der Waals surface area contributed by atoms with Crippen molar-refractivity contribution in [2.24, 2.45) is 0 Å². The van der Waals surface area contributed by atoms with Gasteiger partial charge in [0.2, 0.25) is 5.91 Å². The fourth-order valence-corrected chi connectivity index (χ4v) is 3.95. The van der Waals surface area contributed by atoms with Gasteiger partial charge in [-0.05, 0) is 31.5 Å². The third-order valence-electron chi connectivity index (χ3n) is 5.25. The lowest BCUT2D eigenvalue weighted by Crippen LogP contribution is -2.55. The molecule has 0 bridgehead atoms. The van der Waals surface area contributed by atoms with Gasteiger partial charge in [-0.2, -0.15) is 5.26 Å². The first-order valence-electron chi connectivity index (χ1n) is 9.83. The molecular formula is C19H29FN4O4S. The highest BCUT2D eigenvalue weighted by atomic mass is 32.2. The van der Waals surface area contributed by atoms with Crippen LogP contribution in [0.1, 0.15) is 40.0 Å². The smallest absolute Gasteiger partial charge is 0.368 e. The van der Waals surface area contributed by atoms with E-state index in [1.807, 2.05) is 26.8 Å². The number of alkyl halides is 1. The Bertz CT molecular complexity index is 661. The zero-order valence-electron chi connectivity index (χ0n) is 17.1. The van der Waals surface area contributed by atoms with Crippen molar-refractivity contribution in [3.8, 4) is 6.07 Å².